The minimum atomic E-state index is -4.50. The Balaban J connectivity index is 1.82. The van der Waals surface area contributed by atoms with Gasteiger partial charge in [-0.15, -0.1) is 0 Å². The number of hydrogen-bond donors (Lipinski definition) is 1. The molecule has 4 rings (SSSR count). The number of benzene rings is 3. The number of anilines is 2. The van der Waals surface area contributed by atoms with E-state index >= 15 is 0 Å². The molecule has 0 aliphatic carbocycles. The Morgan fingerprint density at radius 2 is 1.70 bits per heavy atom. The zero-order valence-corrected chi connectivity index (χ0v) is 16.7. The minimum Gasteiger partial charge on any atom is -0.465 e. The zero-order chi connectivity index (χ0) is 23.8. The Bertz CT molecular complexity index is 1370. The van der Waals surface area contributed by atoms with Crippen molar-refractivity contribution < 1.29 is 32.3 Å². The van der Waals surface area contributed by atoms with Crippen LogP contribution < -0.4 is 5.32 Å². The van der Waals surface area contributed by atoms with Gasteiger partial charge in [0.1, 0.15) is 0 Å². The van der Waals surface area contributed by atoms with Gasteiger partial charge in [-0.3, -0.25) is 10.1 Å². The lowest BCUT2D eigenvalue weighted by molar-refractivity contribution is -0.383. The molecule has 0 unspecified atom stereocenters. The third kappa shape index (κ3) is 4.18. The lowest BCUT2D eigenvalue weighted by Crippen LogP contribution is -2.05. The number of nitrogens with zero attached hydrogens (tertiary/aromatic N) is 3. The van der Waals surface area contributed by atoms with E-state index in [4.69, 9.17) is 4.74 Å². The average molecular weight is 458 g/mol. The van der Waals surface area contributed by atoms with Crippen LogP contribution >= 0.6 is 0 Å². The first kappa shape index (κ1) is 21.7. The molecule has 12 heteroatoms. The molecule has 0 aliphatic rings. The van der Waals surface area contributed by atoms with Crippen LogP contribution in [0.5, 0.6) is 0 Å². The second kappa shape index (κ2) is 8.22. The smallest absolute Gasteiger partial charge is 0.416 e. The molecule has 0 spiro atoms. The number of carbonyl (C=O) groups excluding carboxylic acids is 1. The summed E-state index contributed by atoms with van der Waals surface area (Å²) in [4.78, 5) is 22.6. The summed E-state index contributed by atoms with van der Waals surface area (Å²) in [5, 5.41) is 21.5. The third-order valence-corrected chi connectivity index (χ3v) is 4.82. The molecule has 0 amide bonds. The van der Waals surface area contributed by atoms with Crippen molar-refractivity contribution in [2.45, 2.75) is 6.18 Å². The number of methoxy groups -OCH3 is 1. The first-order valence-corrected chi connectivity index (χ1v) is 9.25. The van der Waals surface area contributed by atoms with E-state index in [-0.39, 0.29) is 22.3 Å². The second-order valence-electron chi connectivity index (χ2n) is 6.80. The van der Waals surface area contributed by atoms with Crippen molar-refractivity contribution in [1.29, 1.82) is 0 Å². The molecule has 0 saturated heterocycles. The van der Waals surface area contributed by atoms with Crippen LogP contribution in [-0.4, -0.2) is 28.3 Å². The molecule has 0 saturated carbocycles. The van der Waals surface area contributed by atoms with E-state index in [2.05, 4.69) is 20.3 Å². The highest BCUT2D eigenvalue weighted by Gasteiger charge is 2.30. The first-order chi connectivity index (χ1) is 15.7. The van der Waals surface area contributed by atoms with Gasteiger partial charge in [-0.1, -0.05) is 12.1 Å². The fraction of sp³-hybridized carbons (Fsp3) is 0.0952. The standard InChI is InChI=1S/C21H13F3N4O5/c1-32-20(29)12-4-7-15(14(10-12)11-2-5-13(6-3-11)21(22,23)24)25-16-8-9-17(28(30)31)19-18(16)26-33-27-19/h2-10,25H,1H3. The summed E-state index contributed by atoms with van der Waals surface area (Å²) in [6.45, 7) is 0. The Hall–Kier alpha value is -4.48. The summed E-state index contributed by atoms with van der Waals surface area (Å²) in [7, 11) is 1.21. The maximum Gasteiger partial charge on any atom is 0.416 e. The molecule has 0 aliphatic heterocycles. The molecule has 9 nitrogen and oxygen atoms in total. The van der Waals surface area contributed by atoms with E-state index in [9.17, 15) is 28.1 Å². The molecule has 1 aromatic heterocycles. The quantitative estimate of drug-likeness (QED) is 0.241. The molecular weight excluding hydrogens is 445 g/mol. The maximum absolute atomic E-state index is 13.0. The van der Waals surface area contributed by atoms with Crippen molar-refractivity contribution in [3.63, 3.8) is 0 Å². The van der Waals surface area contributed by atoms with Gasteiger partial charge >= 0.3 is 17.8 Å². The molecule has 168 valence electrons. The molecule has 3 aromatic carbocycles. The summed E-state index contributed by atoms with van der Waals surface area (Å²) < 4.78 is 48.3. The van der Waals surface area contributed by atoms with Crippen LogP contribution in [0.3, 0.4) is 0 Å². The number of ether oxygens (including phenoxy) is 1. The van der Waals surface area contributed by atoms with E-state index < -0.39 is 22.6 Å². The van der Waals surface area contributed by atoms with Crippen molar-refractivity contribution >= 4 is 34.1 Å². The van der Waals surface area contributed by atoms with Crippen LogP contribution in [0.25, 0.3) is 22.2 Å². The lowest BCUT2D eigenvalue weighted by Gasteiger charge is -2.15. The summed E-state index contributed by atoms with van der Waals surface area (Å²) in [5.41, 5.74) is 0.511. The van der Waals surface area contributed by atoms with E-state index in [1.807, 2.05) is 0 Å². The van der Waals surface area contributed by atoms with Crippen LogP contribution in [-0.2, 0) is 10.9 Å². The van der Waals surface area contributed by atoms with E-state index in [1.54, 1.807) is 0 Å². The van der Waals surface area contributed by atoms with Gasteiger partial charge in [0, 0.05) is 17.3 Å². The number of non-ortho nitro benzene ring substituents is 1. The van der Waals surface area contributed by atoms with Gasteiger partial charge in [-0.05, 0) is 52.3 Å². The van der Waals surface area contributed by atoms with Crippen molar-refractivity contribution in [3.8, 4) is 11.1 Å². The number of aromatic nitrogens is 2. The van der Waals surface area contributed by atoms with Gasteiger partial charge < -0.3 is 10.1 Å². The third-order valence-electron chi connectivity index (χ3n) is 4.82. The number of rotatable bonds is 5. The Morgan fingerprint density at radius 3 is 2.33 bits per heavy atom. The van der Waals surface area contributed by atoms with Crippen molar-refractivity contribution in [3.05, 3.63) is 75.8 Å². The summed E-state index contributed by atoms with van der Waals surface area (Å²) in [6.07, 6.45) is -4.50. The largest absolute Gasteiger partial charge is 0.465 e. The van der Waals surface area contributed by atoms with Crippen LogP contribution in [0.2, 0.25) is 0 Å². The van der Waals surface area contributed by atoms with E-state index in [0.717, 1.165) is 12.1 Å². The molecule has 0 radical (unpaired) electrons. The normalized spacial score (nSPS) is 11.4. The first-order valence-electron chi connectivity index (χ1n) is 9.25. The van der Waals surface area contributed by atoms with E-state index in [0.29, 0.717) is 22.5 Å². The molecule has 0 fully saturated rings. The molecule has 4 aromatic rings. The number of nitrogens with one attached hydrogen (secondary N) is 1. The van der Waals surface area contributed by atoms with Gasteiger partial charge in [-0.2, -0.15) is 13.2 Å². The molecule has 0 atom stereocenters. The highest BCUT2D eigenvalue weighted by molar-refractivity contribution is 5.98. The fourth-order valence-electron chi connectivity index (χ4n) is 3.22. The maximum atomic E-state index is 13.0. The number of halogens is 3. The van der Waals surface area contributed by atoms with Crippen LogP contribution in [0.15, 0.2) is 59.2 Å². The SMILES string of the molecule is COC(=O)c1ccc(Nc2ccc([N+](=O)[O-])c3nonc23)c(-c2ccc(C(F)(F)F)cc2)c1. The Morgan fingerprint density at radius 1 is 1.03 bits per heavy atom. The van der Waals surface area contributed by atoms with E-state index in [1.165, 1.54) is 49.6 Å². The highest BCUT2D eigenvalue weighted by atomic mass is 19.4. The average Bonchev–Trinajstić information content (AvgIpc) is 3.28. The summed E-state index contributed by atoms with van der Waals surface area (Å²) in [5.74, 6) is -0.631. The van der Waals surface area contributed by atoms with Gasteiger partial charge in [0.25, 0.3) is 0 Å². The number of alkyl halides is 3. The summed E-state index contributed by atoms with van der Waals surface area (Å²) in [6, 6.07) is 11.5. The van der Waals surface area contributed by atoms with Crippen LogP contribution in [0.4, 0.5) is 30.2 Å². The van der Waals surface area contributed by atoms with Crippen molar-refractivity contribution in [2.75, 3.05) is 12.4 Å². The summed E-state index contributed by atoms with van der Waals surface area (Å²) >= 11 is 0. The molecular formula is C21H13F3N4O5. The number of carbonyl (C=O) groups is 1. The number of esters is 1. The van der Waals surface area contributed by atoms with Crippen molar-refractivity contribution in [2.24, 2.45) is 0 Å². The monoisotopic (exact) mass is 458 g/mol. The van der Waals surface area contributed by atoms with Gasteiger partial charge in [-0.25, -0.2) is 9.42 Å². The Labute approximate surface area is 182 Å². The minimum absolute atomic E-state index is 0.0766. The molecule has 1 N–H and O–H groups in total. The molecule has 0 bridgehead atoms. The zero-order valence-electron chi connectivity index (χ0n) is 16.7. The predicted octanol–water partition coefficient (Wildman–Crippen LogP) is 5.35. The Kier molecular flexibility index (Phi) is 5.42. The fourth-order valence-corrected chi connectivity index (χ4v) is 3.22. The van der Waals surface area contributed by atoms with Gasteiger partial charge in [0.15, 0.2) is 5.52 Å². The molecule has 1 heterocycles. The number of nitro benzene ring substituents is 1. The van der Waals surface area contributed by atoms with Crippen LogP contribution in [0.1, 0.15) is 15.9 Å². The predicted molar refractivity (Wildman–Crippen MR) is 110 cm³/mol. The van der Waals surface area contributed by atoms with Crippen LogP contribution in [0, 0.1) is 10.1 Å². The highest BCUT2D eigenvalue weighted by Crippen LogP contribution is 2.37. The number of fused-ring (bicyclic) bond motifs is 1. The van der Waals surface area contributed by atoms with Gasteiger partial charge in [0.05, 0.1) is 28.8 Å². The topological polar surface area (TPSA) is 120 Å². The van der Waals surface area contributed by atoms with Crippen molar-refractivity contribution in [1.82, 2.24) is 10.3 Å². The van der Waals surface area contributed by atoms with Gasteiger partial charge in [0.2, 0.25) is 5.52 Å². The second-order valence-corrected chi connectivity index (χ2v) is 6.80. The number of nitro groups is 1. The molecule has 33 heavy (non-hydrogen) atoms. The lowest BCUT2D eigenvalue weighted by atomic mass is 9.99. The number of hydrogen-bond acceptors (Lipinski definition) is 8.